The van der Waals surface area contributed by atoms with Crippen LogP contribution in [0.2, 0.25) is 0 Å². The van der Waals surface area contributed by atoms with Crippen molar-refractivity contribution in [2.24, 2.45) is 5.92 Å². The van der Waals surface area contributed by atoms with Crippen LogP contribution >= 0.6 is 31.9 Å². The summed E-state index contributed by atoms with van der Waals surface area (Å²) in [6, 6.07) is 6.75. The molecule has 1 aromatic rings. The van der Waals surface area contributed by atoms with Crippen LogP contribution in [0.25, 0.3) is 0 Å². The average molecular weight is 413 g/mol. The van der Waals surface area contributed by atoms with Gasteiger partial charge in [-0.3, -0.25) is 0 Å². The Kier molecular flexibility index (Phi) is 7.57. The highest BCUT2D eigenvalue weighted by molar-refractivity contribution is 9.10. The minimum absolute atomic E-state index is 0.302. The fourth-order valence-corrected chi connectivity index (χ4v) is 4.22. The lowest BCUT2D eigenvalue weighted by molar-refractivity contribution is 0.459. The molecule has 0 amide bonds. The van der Waals surface area contributed by atoms with Crippen LogP contribution in [-0.4, -0.2) is 20.3 Å². The van der Waals surface area contributed by atoms with Gasteiger partial charge in [-0.2, -0.15) is 0 Å². The van der Waals surface area contributed by atoms with E-state index >= 15 is 0 Å². The van der Waals surface area contributed by atoms with Gasteiger partial charge in [0, 0.05) is 16.3 Å². The lowest BCUT2D eigenvalue weighted by Crippen LogP contribution is -2.29. The number of benzene rings is 1. The molecule has 0 saturated carbocycles. The molecule has 108 valence electrons. The van der Waals surface area contributed by atoms with Crippen molar-refractivity contribution in [1.29, 1.82) is 0 Å². The molecule has 0 bridgehead atoms. The highest BCUT2D eigenvalue weighted by atomic mass is 79.9. The summed E-state index contributed by atoms with van der Waals surface area (Å²) in [6.45, 7) is 2.61. The maximum Gasteiger partial charge on any atom is 0.240 e. The molecule has 1 N–H and O–H groups in total. The van der Waals surface area contributed by atoms with Gasteiger partial charge in [-0.15, -0.1) is 0 Å². The highest BCUT2D eigenvalue weighted by Gasteiger charge is 2.16. The van der Waals surface area contributed by atoms with Crippen molar-refractivity contribution >= 4 is 41.9 Å². The third-order valence-corrected chi connectivity index (χ3v) is 5.26. The van der Waals surface area contributed by atoms with Gasteiger partial charge in [0.05, 0.1) is 4.90 Å². The Morgan fingerprint density at radius 2 is 2.05 bits per heavy atom. The second kappa shape index (κ2) is 8.39. The number of alkyl halides is 1. The summed E-state index contributed by atoms with van der Waals surface area (Å²) in [5.74, 6) is 0.381. The molecule has 1 atom stereocenters. The maximum atomic E-state index is 12.2. The molecule has 6 heteroatoms. The van der Waals surface area contributed by atoms with Crippen LogP contribution in [0.1, 0.15) is 26.2 Å². The second-order valence-corrected chi connectivity index (χ2v) is 7.92. The Balaban J connectivity index is 2.69. The molecule has 0 aliphatic rings. The molecule has 0 radical (unpaired) electrons. The molecule has 0 heterocycles. The van der Waals surface area contributed by atoms with E-state index < -0.39 is 10.0 Å². The van der Waals surface area contributed by atoms with E-state index in [4.69, 9.17) is 0 Å². The van der Waals surface area contributed by atoms with Crippen molar-refractivity contribution in [2.75, 3.05) is 11.9 Å². The van der Waals surface area contributed by atoms with E-state index in [1.165, 1.54) is 0 Å². The van der Waals surface area contributed by atoms with Crippen LogP contribution in [0.3, 0.4) is 0 Å². The van der Waals surface area contributed by atoms with Gasteiger partial charge in [0.2, 0.25) is 10.0 Å². The van der Waals surface area contributed by atoms with Crippen LogP contribution in [0.5, 0.6) is 0 Å². The number of hydrogen-bond donors (Lipinski definition) is 1. The van der Waals surface area contributed by atoms with E-state index in [9.17, 15) is 8.42 Å². The minimum atomic E-state index is -3.41. The molecule has 3 nitrogen and oxygen atoms in total. The van der Waals surface area contributed by atoms with Crippen LogP contribution in [0, 0.1) is 5.92 Å². The fourth-order valence-electron chi connectivity index (χ4n) is 1.86. The molecule has 1 aromatic carbocycles. The summed E-state index contributed by atoms with van der Waals surface area (Å²) in [5, 5.41) is 0.899. The van der Waals surface area contributed by atoms with Gasteiger partial charge in [0.25, 0.3) is 0 Å². The Morgan fingerprint density at radius 3 is 2.63 bits per heavy atom. The largest absolute Gasteiger partial charge is 0.240 e. The minimum Gasteiger partial charge on any atom is -0.211 e. The molecular formula is C13H19Br2NO2S. The lowest BCUT2D eigenvalue weighted by atomic mass is 10.0. The van der Waals surface area contributed by atoms with Gasteiger partial charge in [0.15, 0.2) is 0 Å². The van der Waals surface area contributed by atoms with Gasteiger partial charge >= 0.3 is 0 Å². The number of hydrogen-bond acceptors (Lipinski definition) is 2. The fraction of sp³-hybridized carbons (Fsp3) is 0.538. The monoisotopic (exact) mass is 411 g/mol. The van der Waals surface area contributed by atoms with E-state index in [1.807, 2.05) is 6.07 Å². The van der Waals surface area contributed by atoms with Crippen molar-refractivity contribution in [1.82, 2.24) is 4.72 Å². The Hall–Kier alpha value is 0.0900. The molecule has 0 aromatic heterocycles. The first-order valence-electron chi connectivity index (χ1n) is 6.30. The Morgan fingerprint density at radius 1 is 1.32 bits per heavy atom. The van der Waals surface area contributed by atoms with Crippen molar-refractivity contribution < 1.29 is 8.42 Å². The van der Waals surface area contributed by atoms with Crippen LogP contribution in [-0.2, 0) is 10.0 Å². The van der Waals surface area contributed by atoms with E-state index in [1.54, 1.807) is 18.2 Å². The number of nitrogens with one attached hydrogen (secondary N) is 1. The standard InChI is InChI=1S/C13H19Br2NO2S/c1-2-4-11(7-8-14)10-16-19(17,18)13-6-3-5-12(15)9-13/h3,5-6,9,11,16H,2,4,7-8,10H2,1H3. The van der Waals surface area contributed by atoms with Crippen LogP contribution in [0.15, 0.2) is 33.6 Å². The van der Waals surface area contributed by atoms with Crippen molar-refractivity contribution in [3.05, 3.63) is 28.7 Å². The van der Waals surface area contributed by atoms with Crippen molar-refractivity contribution in [3.8, 4) is 0 Å². The highest BCUT2D eigenvalue weighted by Crippen LogP contribution is 2.17. The molecule has 19 heavy (non-hydrogen) atoms. The smallest absolute Gasteiger partial charge is 0.211 e. The van der Waals surface area contributed by atoms with Crippen molar-refractivity contribution in [2.45, 2.75) is 31.1 Å². The summed E-state index contributed by atoms with van der Waals surface area (Å²) < 4.78 is 27.8. The van der Waals surface area contributed by atoms with Crippen molar-refractivity contribution in [3.63, 3.8) is 0 Å². The summed E-state index contributed by atoms with van der Waals surface area (Å²) in [4.78, 5) is 0.302. The summed E-state index contributed by atoms with van der Waals surface area (Å²) in [7, 11) is -3.41. The number of halogens is 2. The number of rotatable bonds is 8. The zero-order valence-electron chi connectivity index (χ0n) is 10.9. The summed E-state index contributed by atoms with van der Waals surface area (Å²) >= 11 is 6.70. The normalized spacial score (nSPS) is 13.4. The second-order valence-electron chi connectivity index (χ2n) is 4.44. The number of sulfonamides is 1. The maximum absolute atomic E-state index is 12.2. The van der Waals surface area contributed by atoms with Crippen LogP contribution in [0.4, 0.5) is 0 Å². The Bertz CT molecular complexity index is 485. The van der Waals surface area contributed by atoms with Gasteiger partial charge in [0.1, 0.15) is 0 Å². The summed E-state index contributed by atoms with van der Waals surface area (Å²) in [5.41, 5.74) is 0. The zero-order valence-corrected chi connectivity index (χ0v) is 14.9. The van der Waals surface area contributed by atoms with Gasteiger partial charge in [-0.1, -0.05) is 51.3 Å². The molecule has 1 rings (SSSR count). The summed E-state index contributed by atoms with van der Waals surface area (Å²) in [6.07, 6.45) is 3.08. The Labute approximate surface area is 132 Å². The quantitative estimate of drug-likeness (QED) is 0.657. The lowest BCUT2D eigenvalue weighted by Gasteiger charge is -2.15. The zero-order chi connectivity index (χ0) is 14.3. The van der Waals surface area contributed by atoms with E-state index in [0.29, 0.717) is 17.4 Å². The van der Waals surface area contributed by atoms with Crippen LogP contribution < -0.4 is 4.72 Å². The first-order valence-corrected chi connectivity index (χ1v) is 9.70. The predicted molar refractivity (Wildman–Crippen MR) is 86.1 cm³/mol. The van der Waals surface area contributed by atoms with E-state index in [0.717, 1.165) is 29.1 Å². The van der Waals surface area contributed by atoms with Gasteiger partial charge < -0.3 is 0 Å². The molecule has 0 spiro atoms. The molecule has 0 aliphatic carbocycles. The first-order chi connectivity index (χ1) is 8.99. The van der Waals surface area contributed by atoms with Gasteiger partial charge in [-0.25, -0.2) is 13.1 Å². The average Bonchev–Trinajstić information content (AvgIpc) is 2.37. The van der Waals surface area contributed by atoms with Gasteiger partial charge in [-0.05, 0) is 37.0 Å². The predicted octanol–water partition coefficient (Wildman–Crippen LogP) is 3.93. The first kappa shape index (κ1) is 17.1. The van der Waals surface area contributed by atoms with E-state index in [2.05, 4.69) is 43.5 Å². The SMILES string of the molecule is CCCC(CCBr)CNS(=O)(=O)c1cccc(Br)c1. The van der Waals surface area contributed by atoms with E-state index in [-0.39, 0.29) is 0 Å². The molecule has 0 aliphatic heterocycles. The third-order valence-electron chi connectivity index (χ3n) is 2.88. The molecule has 1 unspecified atom stereocenters. The molecular weight excluding hydrogens is 394 g/mol. The third kappa shape index (κ3) is 5.94. The molecule has 0 saturated heterocycles. The topological polar surface area (TPSA) is 46.2 Å². The molecule has 0 fully saturated rings.